The molecule has 0 spiro atoms. The molecule has 0 aromatic carbocycles. The smallest absolute Gasteiger partial charge is 0.234 e. The second-order valence-corrected chi connectivity index (χ2v) is 5.94. The molecule has 0 aliphatic carbocycles. The van der Waals surface area contributed by atoms with Gasteiger partial charge >= 0.3 is 0 Å². The molecule has 1 fully saturated rings. The molecule has 3 heteroatoms. The van der Waals surface area contributed by atoms with Gasteiger partial charge in [0.2, 0.25) is 5.91 Å². The summed E-state index contributed by atoms with van der Waals surface area (Å²) in [6, 6.07) is -0.0463. The van der Waals surface area contributed by atoms with Gasteiger partial charge in [0.05, 0.1) is 6.04 Å². The predicted molar refractivity (Wildman–Crippen MR) is 85.1 cm³/mol. The van der Waals surface area contributed by atoms with E-state index in [2.05, 4.69) is 39.9 Å². The van der Waals surface area contributed by atoms with Crippen LogP contribution in [0.25, 0.3) is 0 Å². The topological polar surface area (TPSA) is 55.1 Å². The fraction of sp³-hybridized carbons (Fsp3) is 0.938. The predicted octanol–water partition coefficient (Wildman–Crippen LogP) is 3.72. The number of hydrogen-bond donors (Lipinski definition) is 2. The number of primary amides is 1. The maximum atomic E-state index is 10.4. The SMILES string of the molecule is CC.CCCC(C)(C)C(C)C.NC(=O)C1CCCN1. The lowest BCUT2D eigenvalue weighted by atomic mass is 9.78. The first-order chi connectivity index (χ1) is 8.81. The summed E-state index contributed by atoms with van der Waals surface area (Å²) >= 11 is 0. The molecule has 1 unspecified atom stereocenters. The minimum Gasteiger partial charge on any atom is -0.368 e. The molecule has 0 aromatic rings. The van der Waals surface area contributed by atoms with Crippen molar-refractivity contribution < 1.29 is 4.79 Å². The second-order valence-electron chi connectivity index (χ2n) is 5.94. The van der Waals surface area contributed by atoms with Gasteiger partial charge in [0.1, 0.15) is 0 Å². The Morgan fingerprint density at radius 2 is 1.89 bits per heavy atom. The third-order valence-electron chi connectivity index (χ3n) is 3.86. The minimum absolute atomic E-state index is 0.0463. The zero-order valence-electron chi connectivity index (χ0n) is 14.2. The van der Waals surface area contributed by atoms with Gasteiger partial charge in [-0.2, -0.15) is 0 Å². The van der Waals surface area contributed by atoms with Crippen molar-refractivity contribution in [3.63, 3.8) is 0 Å². The molecule has 1 aliphatic rings. The molecule has 1 atom stereocenters. The first-order valence-electron chi connectivity index (χ1n) is 7.84. The highest BCUT2D eigenvalue weighted by Gasteiger charge is 2.20. The maximum Gasteiger partial charge on any atom is 0.234 e. The Balaban J connectivity index is 0. The quantitative estimate of drug-likeness (QED) is 0.819. The lowest BCUT2D eigenvalue weighted by Crippen LogP contribution is -2.36. The highest BCUT2D eigenvalue weighted by Crippen LogP contribution is 2.30. The van der Waals surface area contributed by atoms with Gasteiger partial charge in [-0.15, -0.1) is 0 Å². The average Bonchev–Trinajstić information content (AvgIpc) is 2.86. The van der Waals surface area contributed by atoms with E-state index in [0.29, 0.717) is 5.41 Å². The van der Waals surface area contributed by atoms with Crippen molar-refractivity contribution in [1.29, 1.82) is 0 Å². The van der Waals surface area contributed by atoms with Crippen molar-refractivity contribution in [3.8, 4) is 0 Å². The summed E-state index contributed by atoms with van der Waals surface area (Å²) in [5, 5.41) is 2.98. The van der Waals surface area contributed by atoms with Gasteiger partial charge in [-0.05, 0) is 37.1 Å². The Morgan fingerprint density at radius 1 is 1.37 bits per heavy atom. The first-order valence-corrected chi connectivity index (χ1v) is 7.84. The number of nitrogens with two attached hydrogens (primary N) is 1. The van der Waals surface area contributed by atoms with Crippen LogP contribution in [-0.4, -0.2) is 18.5 Å². The van der Waals surface area contributed by atoms with E-state index >= 15 is 0 Å². The monoisotopic (exact) mass is 272 g/mol. The van der Waals surface area contributed by atoms with Crippen LogP contribution in [-0.2, 0) is 4.79 Å². The van der Waals surface area contributed by atoms with Gasteiger partial charge in [0.25, 0.3) is 0 Å². The zero-order chi connectivity index (χ0) is 15.5. The molecule has 3 N–H and O–H groups in total. The first kappa shape index (κ1) is 20.7. The Hall–Kier alpha value is -0.570. The van der Waals surface area contributed by atoms with Crippen molar-refractivity contribution >= 4 is 5.91 Å². The normalized spacial score (nSPS) is 18.2. The highest BCUT2D eigenvalue weighted by atomic mass is 16.1. The van der Waals surface area contributed by atoms with E-state index in [1.54, 1.807) is 0 Å². The lowest BCUT2D eigenvalue weighted by Gasteiger charge is -2.28. The molecule has 0 saturated carbocycles. The summed E-state index contributed by atoms with van der Waals surface area (Å²) in [7, 11) is 0. The van der Waals surface area contributed by atoms with Crippen LogP contribution in [0, 0.1) is 11.3 Å². The van der Waals surface area contributed by atoms with E-state index in [-0.39, 0.29) is 11.9 Å². The van der Waals surface area contributed by atoms with Crippen LogP contribution in [0.15, 0.2) is 0 Å². The van der Waals surface area contributed by atoms with Crippen LogP contribution in [0.2, 0.25) is 0 Å². The minimum atomic E-state index is -0.220. The van der Waals surface area contributed by atoms with Crippen molar-refractivity contribution in [2.75, 3.05) is 6.54 Å². The van der Waals surface area contributed by atoms with E-state index in [0.717, 1.165) is 25.3 Å². The van der Waals surface area contributed by atoms with Crippen LogP contribution in [0.1, 0.15) is 74.1 Å². The molecule has 116 valence electrons. The molecule has 1 heterocycles. The van der Waals surface area contributed by atoms with Crippen LogP contribution >= 0.6 is 0 Å². The molecule has 19 heavy (non-hydrogen) atoms. The van der Waals surface area contributed by atoms with Crippen molar-refractivity contribution in [2.45, 2.75) is 80.2 Å². The summed E-state index contributed by atoms with van der Waals surface area (Å²) in [6.07, 6.45) is 4.65. The maximum absolute atomic E-state index is 10.4. The third-order valence-corrected chi connectivity index (χ3v) is 3.86. The summed E-state index contributed by atoms with van der Waals surface area (Å²) in [5.41, 5.74) is 5.55. The van der Waals surface area contributed by atoms with Gasteiger partial charge in [0.15, 0.2) is 0 Å². The fourth-order valence-electron chi connectivity index (χ4n) is 1.86. The van der Waals surface area contributed by atoms with E-state index in [1.165, 1.54) is 12.8 Å². The Bertz CT molecular complexity index is 219. The molecular weight excluding hydrogens is 236 g/mol. The van der Waals surface area contributed by atoms with Crippen molar-refractivity contribution in [1.82, 2.24) is 5.32 Å². The molecule has 1 rings (SSSR count). The standard InChI is InChI=1S/C9H20.C5H10N2O.C2H6/c1-6-7-9(4,5)8(2)3;6-5(8)4-2-1-3-7-4;1-2/h8H,6-7H2,1-5H3;4,7H,1-3H2,(H2,6,8);1-2H3. The number of hydrogen-bond acceptors (Lipinski definition) is 2. The fourth-order valence-corrected chi connectivity index (χ4v) is 1.86. The molecular formula is C16H36N2O. The molecule has 3 nitrogen and oxygen atoms in total. The Morgan fingerprint density at radius 3 is 2.05 bits per heavy atom. The highest BCUT2D eigenvalue weighted by molar-refractivity contribution is 5.80. The number of rotatable bonds is 4. The van der Waals surface area contributed by atoms with E-state index in [1.807, 2.05) is 13.8 Å². The van der Waals surface area contributed by atoms with Gasteiger partial charge in [-0.1, -0.05) is 54.9 Å². The molecule has 0 aromatic heterocycles. The van der Waals surface area contributed by atoms with Gasteiger partial charge in [-0.25, -0.2) is 0 Å². The molecule has 0 radical (unpaired) electrons. The van der Waals surface area contributed by atoms with E-state index in [4.69, 9.17) is 5.73 Å². The van der Waals surface area contributed by atoms with Gasteiger partial charge < -0.3 is 11.1 Å². The number of nitrogens with one attached hydrogen (secondary N) is 1. The number of carbonyl (C=O) groups excluding carboxylic acids is 1. The molecule has 1 amide bonds. The average molecular weight is 272 g/mol. The summed E-state index contributed by atoms with van der Waals surface area (Å²) in [6.45, 7) is 16.5. The molecule has 1 aliphatic heterocycles. The summed E-state index contributed by atoms with van der Waals surface area (Å²) < 4.78 is 0. The van der Waals surface area contributed by atoms with Crippen molar-refractivity contribution in [3.05, 3.63) is 0 Å². The molecule has 0 bridgehead atoms. The lowest BCUT2D eigenvalue weighted by molar-refractivity contribution is -0.119. The summed E-state index contributed by atoms with van der Waals surface area (Å²) in [5.74, 6) is 0.597. The second kappa shape index (κ2) is 11.3. The number of amides is 1. The van der Waals surface area contributed by atoms with Gasteiger partial charge in [0, 0.05) is 0 Å². The van der Waals surface area contributed by atoms with Crippen LogP contribution in [0.4, 0.5) is 0 Å². The number of carbonyl (C=O) groups is 1. The zero-order valence-corrected chi connectivity index (χ0v) is 14.2. The van der Waals surface area contributed by atoms with Crippen LogP contribution in [0.3, 0.4) is 0 Å². The van der Waals surface area contributed by atoms with Gasteiger partial charge in [-0.3, -0.25) is 4.79 Å². The third kappa shape index (κ3) is 9.94. The Labute approximate surface area is 120 Å². The largest absolute Gasteiger partial charge is 0.368 e. The van der Waals surface area contributed by atoms with Crippen LogP contribution in [0.5, 0.6) is 0 Å². The van der Waals surface area contributed by atoms with E-state index < -0.39 is 0 Å². The molecule has 1 saturated heterocycles. The van der Waals surface area contributed by atoms with Crippen LogP contribution < -0.4 is 11.1 Å². The van der Waals surface area contributed by atoms with E-state index in [9.17, 15) is 4.79 Å². The van der Waals surface area contributed by atoms with Crippen molar-refractivity contribution in [2.24, 2.45) is 17.1 Å². The summed E-state index contributed by atoms with van der Waals surface area (Å²) in [4.78, 5) is 10.4. The Kier molecular flexibility index (Phi) is 12.3.